The Balaban J connectivity index is 0.00000112. The van der Waals surface area contributed by atoms with Crippen LogP contribution in [0.4, 0.5) is 10.1 Å². The zero-order chi connectivity index (χ0) is 10.3. The van der Waals surface area contributed by atoms with Crippen molar-refractivity contribution in [3.8, 4) is 0 Å². The van der Waals surface area contributed by atoms with Gasteiger partial charge in [-0.1, -0.05) is 0 Å². The first-order valence-corrected chi connectivity index (χ1v) is 5.31. The molecule has 0 fully saturated rings. The van der Waals surface area contributed by atoms with Gasteiger partial charge in [-0.25, -0.2) is 4.39 Å². The van der Waals surface area contributed by atoms with Gasteiger partial charge in [-0.05, 0) is 25.1 Å². The van der Waals surface area contributed by atoms with Crippen LogP contribution in [0.25, 0.3) is 0 Å². The highest BCUT2D eigenvalue weighted by Gasteiger charge is 2.23. The maximum atomic E-state index is 12.8. The van der Waals surface area contributed by atoms with E-state index in [2.05, 4.69) is 9.71 Å². The van der Waals surface area contributed by atoms with Crippen molar-refractivity contribution in [2.24, 2.45) is 4.40 Å². The fraction of sp³-hybridized carbons (Fsp3) is 0.125. The molecule has 1 aromatic rings. The van der Waals surface area contributed by atoms with Gasteiger partial charge in [0.25, 0.3) is 10.0 Å². The van der Waals surface area contributed by atoms with Crippen LogP contribution in [0.5, 0.6) is 0 Å². The molecule has 7 heteroatoms. The fourth-order valence-electron chi connectivity index (χ4n) is 1.26. The summed E-state index contributed by atoms with van der Waals surface area (Å²) in [5.41, 5.74) is 0.360. The van der Waals surface area contributed by atoms with E-state index in [1.807, 2.05) is 0 Å². The molecule has 82 valence electrons. The van der Waals surface area contributed by atoms with Crippen molar-refractivity contribution in [2.75, 3.05) is 5.32 Å². The Morgan fingerprint density at radius 3 is 2.73 bits per heavy atom. The van der Waals surface area contributed by atoms with Crippen LogP contribution in [0.15, 0.2) is 27.5 Å². The van der Waals surface area contributed by atoms with E-state index in [-0.39, 0.29) is 16.2 Å². The summed E-state index contributed by atoms with van der Waals surface area (Å²) in [6.07, 6.45) is 0. The summed E-state index contributed by atoms with van der Waals surface area (Å²) < 4.78 is 39.1. The van der Waals surface area contributed by atoms with Gasteiger partial charge in [0.05, 0.1) is 5.69 Å². The summed E-state index contributed by atoms with van der Waals surface area (Å²) in [4.78, 5) is -0.122. The summed E-state index contributed by atoms with van der Waals surface area (Å²) >= 11 is 0. The molecule has 0 saturated heterocycles. The Labute approximate surface area is 86.0 Å². The summed E-state index contributed by atoms with van der Waals surface area (Å²) in [6.45, 7) is 1.53. The molecule has 1 aromatic carbocycles. The van der Waals surface area contributed by atoms with Crippen LogP contribution in [0.2, 0.25) is 0 Å². The number of nitrogens with one attached hydrogen (secondary N) is 1. The fourth-order valence-corrected chi connectivity index (χ4v) is 2.42. The van der Waals surface area contributed by atoms with Crippen LogP contribution >= 0.6 is 0 Å². The molecule has 0 aliphatic carbocycles. The van der Waals surface area contributed by atoms with E-state index in [1.54, 1.807) is 0 Å². The number of halogens is 1. The molecule has 0 amide bonds. The maximum Gasteiger partial charge on any atom is 0.286 e. The average Bonchev–Trinajstić information content (AvgIpc) is 2.05. The van der Waals surface area contributed by atoms with Gasteiger partial charge in [-0.15, -0.1) is 4.40 Å². The highest BCUT2D eigenvalue weighted by atomic mass is 32.2. The van der Waals surface area contributed by atoms with Crippen molar-refractivity contribution in [1.29, 1.82) is 0 Å². The second-order valence-electron chi connectivity index (χ2n) is 2.92. The van der Waals surface area contributed by atoms with Crippen molar-refractivity contribution in [2.45, 2.75) is 11.8 Å². The normalized spacial score (nSPS) is 16.8. The van der Waals surface area contributed by atoms with Gasteiger partial charge in [0.2, 0.25) is 0 Å². The van der Waals surface area contributed by atoms with Crippen LogP contribution in [0, 0.1) is 5.82 Å². The lowest BCUT2D eigenvalue weighted by molar-refractivity contribution is 0.592. The Bertz CT molecular complexity index is 525. The van der Waals surface area contributed by atoms with Gasteiger partial charge < -0.3 is 10.8 Å². The second kappa shape index (κ2) is 3.59. The molecule has 0 bridgehead atoms. The molecule has 0 radical (unpaired) electrons. The van der Waals surface area contributed by atoms with Gasteiger partial charge >= 0.3 is 0 Å². The number of nitrogens with zero attached hydrogens (tertiary/aromatic N) is 1. The summed E-state index contributed by atoms with van der Waals surface area (Å²) in [6, 6.07) is 3.52. The SMILES string of the molecule is CC1=NS(=O)(=O)c2cc(F)ccc2N1.O. The highest BCUT2D eigenvalue weighted by molar-refractivity contribution is 7.90. The van der Waals surface area contributed by atoms with E-state index in [1.165, 1.54) is 19.1 Å². The maximum absolute atomic E-state index is 12.8. The van der Waals surface area contributed by atoms with E-state index < -0.39 is 15.8 Å². The number of rotatable bonds is 0. The number of amidine groups is 1. The highest BCUT2D eigenvalue weighted by Crippen LogP contribution is 2.27. The van der Waals surface area contributed by atoms with Crippen molar-refractivity contribution >= 4 is 21.5 Å². The molecule has 1 aliphatic heterocycles. The number of fused-ring (bicyclic) bond motifs is 1. The zero-order valence-electron chi connectivity index (χ0n) is 7.78. The summed E-state index contributed by atoms with van der Waals surface area (Å²) in [7, 11) is -3.73. The third-order valence-corrected chi connectivity index (χ3v) is 3.20. The van der Waals surface area contributed by atoms with Gasteiger partial charge in [-0.3, -0.25) is 0 Å². The summed E-state index contributed by atoms with van der Waals surface area (Å²) in [5.74, 6) is -0.312. The Hall–Kier alpha value is -1.47. The molecule has 0 aromatic heterocycles. The predicted octanol–water partition coefficient (Wildman–Crippen LogP) is 0.534. The number of benzene rings is 1. The molecule has 0 spiro atoms. The first-order chi connectivity index (χ1) is 6.49. The minimum absolute atomic E-state index is 0. The molecule has 2 rings (SSSR count). The first kappa shape index (κ1) is 11.6. The van der Waals surface area contributed by atoms with E-state index in [0.29, 0.717) is 5.69 Å². The van der Waals surface area contributed by atoms with Crippen molar-refractivity contribution in [1.82, 2.24) is 0 Å². The lowest BCUT2D eigenvalue weighted by Crippen LogP contribution is -2.18. The molecule has 0 atom stereocenters. The second-order valence-corrected chi connectivity index (χ2v) is 4.49. The topological polar surface area (TPSA) is 90.0 Å². The molecule has 1 heterocycles. The Morgan fingerprint density at radius 2 is 2.07 bits per heavy atom. The van der Waals surface area contributed by atoms with Gasteiger partial charge in [0.15, 0.2) is 0 Å². The summed E-state index contributed by atoms with van der Waals surface area (Å²) in [5, 5.41) is 2.75. The minimum Gasteiger partial charge on any atom is -0.412 e. The Kier molecular flexibility index (Phi) is 2.78. The number of hydrogen-bond acceptors (Lipinski definition) is 3. The molecular formula is C8H9FN2O3S. The van der Waals surface area contributed by atoms with Gasteiger partial charge in [0, 0.05) is 0 Å². The monoisotopic (exact) mass is 232 g/mol. The zero-order valence-corrected chi connectivity index (χ0v) is 8.60. The van der Waals surface area contributed by atoms with Gasteiger partial charge in [0.1, 0.15) is 16.5 Å². The van der Waals surface area contributed by atoms with Crippen LogP contribution in [-0.2, 0) is 10.0 Å². The van der Waals surface area contributed by atoms with Crippen molar-refractivity contribution < 1.29 is 18.3 Å². The van der Waals surface area contributed by atoms with E-state index >= 15 is 0 Å². The van der Waals surface area contributed by atoms with Crippen molar-refractivity contribution in [3.05, 3.63) is 24.0 Å². The molecule has 0 saturated carbocycles. The van der Waals surface area contributed by atoms with E-state index in [4.69, 9.17) is 0 Å². The van der Waals surface area contributed by atoms with Crippen LogP contribution in [0.1, 0.15) is 6.92 Å². The smallest absolute Gasteiger partial charge is 0.286 e. The van der Waals surface area contributed by atoms with Crippen LogP contribution < -0.4 is 5.32 Å². The average molecular weight is 232 g/mol. The third-order valence-electron chi connectivity index (χ3n) is 1.79. The minimum atomic E-state index is -3.73. The molecular weight excluding hydrogens is 223 g/mol. The Morgan fingerprint density at radius 1 is 1.40 bits per heavy atom. The first-order valence-electron chi connectivity index (χ1n) is 3.87. The number of anilines is 1. The lowest BCUT2D eigenvalue weighted by atomic mass is 10.3. The standard InChI is InChI=1S/C8H7FN2O2S.H2O/c1-5-10-7-3-2-6(9)4-8(7)14(12,13)11-5;/h2-4H,1H3,(H,10,11);1H2. The van der Waals surface area contributed by atoms with E-state index in [0.717, 1.165) is 6.07 Å². The lowest BCUT2D eigenvalue weighted by Gasteiger charge is -2.15. The van der Waals surface area contributed by atoms with Crippen LogP contribution in [-0.4, -0.2) is 19.7 Å². The molecule has 15 heavy (non-hydrogen) atoms. The molecule has 0 unspecified atom stereocenters. The third kappa shape index (κ3) is 1.97. The van der Waals surface area contributed by atoms with E-state index in [9.17, 15) is 12.8 Å². The number of hydrogen-bond donors (Lipinski definition) is 1. The number of sulfonamides is 1. The van der Waals surface area contributed by atoms with Gasteiger partial charge in [-0.2, -0.15) is 8.42 Å². The largest absolute Gasteiger partial charge is 0.412 e. The van der Waals surface area contributed by atoms with Crippen LogP contribution in [0.3, 0.4) is 0 Å². The molecule has 5 nitrogen and oxygen atoms in total. The van der Waals surface area contributed by atoms with Crippen molar-refractivity contribution in [3.63, 3.8) is 0 Å². The quantitative estimate of drug-likeness (QED) is 0.707. The molecule has 1 aliphatic rings. The predicted molar refractivity (Wildman–Crippen MR) is 53.9 cm³/mol. The molecule has 3 N–H and O–H groups in total.